The molecule has 0 saturated carbocycles. The fourth-order valence-corrected chi connectivity index (χ4v) is 7.17. The van der Waals surface area contributed by atoms with E-state index in [-0.39, 0.29) is 17.4 Å². The molecule has 5 aromatic carbocycles. The Morgan fingerprint density at radius 3 is 2.19 bits per heavy atom. The zero-order valence-corrected chi connectivity index (χ0v) is 27.2. The summed E-state index contributed by atoms with van der Waals surface area (Å²) in [6.45, 7) is 6.67. The van der Waals surface area contributed by atoms with Crippen LogP contribution in [0.1, 0.15) is 60.3 Å². The third-order valence-electron chi connectivity index (χ3n) is 9.48. The minimum Gasteiger partial charge on any atom is -0.454 e. The third-order valence-corrected chi connectivity index (χ3v) is 9.48. The van der Waals surface area contributed by atoms with E-state index in [0.29, 0.717) is 33.4 Å². The SMILES string of the molecule is [2H]C([2H])([2H])c1cccc2oc3cc4c(nc3c12)oc1c(-c2nc3ccccc3n2-c2c(C(C)C)cc(-c3ccccc3)cc2C(C)C)cccc14. The first kappa shape index (κ1) is 25.4. The summed E-state index contributed by atoms with van der Waals surface area (Å²) in [5.41, 5.74) is 11.5. The molecule has 0 aliphatic carbocycles. The molecule has 0 radical (unpaired) electrons. The first-order valence-corrected chi connectivity index (χ1v) is 16.5. The third kappa shape index (κ3) is 4.24. The van der Waals surface area contributed by atoms with Crippen molar-refractivity contribution < 1.29 is 12.9 Å². The van der Waals surface area contributed by atoms with Crippen molar-refractivity contribution in [2.24, 2.45) is 0 Å². The van der Waals surface area contributed by atoms with Crippen LogP contribution in [0, 0.1) is 6.85 Å². The van der Waals surface area contributed by atoms with Crippen molar-refractivity contribution in [3.05, 3.63) is 126 Å². The molecule has 0 amide bonds. The Balaban J connectivity index is 1.34. The lowest BCUT2D eigenvalue weighted by Gasteiger charge is -2.24. The number of hydrogen-bond donors (Lipinski definition) is 0. The molecular weight excluding hydrogens is 590 g/mol. The van der Waals surface area contributed by atoms with Crippen molar-refractivity contribution in [3.63, 3.8) is 0 Å². The summed E-state index contributed by atoms with van der Waals surface area (Å²) in [6.07, 6.45) is 0. The van der Waals surface area contributed by atoms with E-state index in [0.717, 1.165) is 38.9 Å². The molecule has 5 heteroatoms. The van der Waals surface area contributed by atoms with Crippen LogP contribution in [0.25, 0.3) is 83.4 Å². The second-order valence-corrected chi connectivity index (χ2v) is 13.2. The second kappa shape index (κ2) is 10.7. The smallest absolute Gasteiger partial charge is 0.228 e. The molecule has 4 heterocycles. The van der Waals surface area contributed by atoms with Gasteiger partial charge < -0.3 is 8.83 Å². The largest absolute Gasteiger partial charge is 0.454 e. The predicted molar refractivity (Wildman–Crippen MR) is 197 cm³/mol. The highest BCUT2D eigenvalue weighted by molar-refractivity contribution is 6.14. The van der Waals surface area contributed by atoms with Gasteiger partial charge in [-0.05, 0) is 89.0 Å². The van der Waals surface area contributed by atoms with E-state index in [1.165, 1.54) is 22.3 Å². The van der Waals surface area contributed by atoms with Crippen molar-refractivity contribution in [2.45, 2.75) is 46.4 Å². The minimum atomic E-state index is -2.32. The Morgan fingerprint density at radius 1 is 0.667 bits per heavy atom. The molecule has 0 fully saturated rings. The number of furan rings is 2. The molecule has 0 saturated heterocycles. The number of pyridine rings is 1. The van der Waals surface area contributed by atoms with E-state index in [9.17, 15) is 0 Å². The molecule has 48 heavy (non-hydrogen) atoms. The van der Waals surface area contributed by atoms with Gasteiger partial charge in [0.2, 0.25) is 5.71 Å². The van der Waals surface area contributed by atoms with Gasteiger partial charge in [-0.3, -0.25) is 4.57 Å². The van der Waals surface area contributed by atoms with Gasteiger partial charge in [-0.25, -0.2) is 9.97 Å². The predicted octanol–water partition coefficient (Wildman–Crippen LogP) is 12.1. The van der Waals surface area contributed by atoms with Crippen LogP contribution in [0.2, 0.25) is 0 Å². The fourth-order valence-electron chi connectivity index (χ4n) is 7.17. The van der Waals surface area contributed by atoms with E-state index in [4.69, 9.17) is 22.9 Å². The molecule has 9 rings (SSSR count). The maximum atomic E-state index is 8.15. The van der Waals surface area contributed by atoms with E-state index < -0.39 is 6.85 Å². The Labute approximate surface area is 282 Å². The van der Waals surface area contributed by atoms with E-state index in [2.05, 4.69) is 99.0 Å². The zero-order valence-electron chi connectivity index (χ0n) is 30.2. The zero-order chi connectivity index (χ0) is 35.2. The van der Waals surface area contributed by atoms with Crippen molar-refractivity contribution >= 4 is 55.2 Å². The molecule has 5 nitrogen and oxygen atoms in total. The fraction of sp³-hybridized carbons (Fsp3) is 0.163. The van der Waals surface area contributed by atoms with Crippen LogP contribution in [0.15, 0.2) is 118 Å². The highest BCUT2D eigenvalue weighted by atomic mass is 16.3. The van der Waals surface area contributed by atoms with Crippen LogP contribution in [-0.2, 0) is 0 Å². The number of nitrogens with zero attached hydrogens (tertiary/aromatic N) is 3. The maximum Gasteiger partial charge on any atom is 0.228 e. The lowest BCUT2D eigenvalue weighted by molar-refractivity contribution is 0.652. The number of fused-ring (bicyclic) bond motifs is 7. The Morgan fingerprint density at radius 2 is 1.42 bits per heavy atom. The van der Waals surface area contributed by atoms with E-state index in [1.807, 2.05) is 24.3 Å². The van der Waals surface area contributed by atoms with E-state index >= 15 is 0 Å². The molecule has 0 spiro atoms. The van der Waals surface area contributed by atoms with Gasteiger partial charge in [0.05, 0.1) is 27.7 Å². The number of rotatable bonds is 5. The standard InChI is InChI=1S/C43H35N3O2/c1-24(2)31-21-28(27-14-7-6-8-15-27)22-32(25(3)4)40(31)46-35-19-10-9-18-34(35)44-42(46)30-17-12-16-29-33-23-37-39(45-43(33)48-41(29)30)38-26(5)13-11-20-36(38)47-37/h6-25H,1-5H3/i5D3. The highest BCUT2D eigenvalue weighted by Gasteiger charge is 2.26. The van der Waals surface area contributed by atoms with Crippen LogP contribution in [0.3, 0.4) is 0 Å². The molecule has 0 aliphatic heterocycles. The number of benzene rings is 5. The molecule has 0 N–H and O–H groups in total. The summed E-state index contributed by atoms with van der Waals surface area (Å²) in [4.78, 5) is 10.2. The lowest BCUT2D eigenvalue weighted by Crippen LogP contribution is -2.09. The molecule has 0 atom stereocenters. The van der Waals surface area contributed by atoms with Crippen LogP contribution in [0.4, 0.5) is 0 Å². The van der Waals surface area contributed by atoms with Crippen LogP contribution in [0.5, 0.6) is 0 Å². The van der Waals surface area contributed by atoms with Gasteiger partial charge in [0.15, 0.2) is 5.58 Å². The molecule has 0 unspecified atom stereocenters. The van der Waals surface area contributed by atoms with Gasteiger partial charge in [0.1, 0.15) is 22.5 Å². The summed E-state index contributed by atoms with van der Waals surface area (Å²) in [5.74, 6) is 1.23. The topological polar surface area (TPSA) is 57.0 Å². The van der Waals surface area contributed by atoms with Crippen LogP contribution in [-0.4, -0.2) is 14.5 Å². The van der Waals surface area contributed by atoms with Crippen LogP contribution >= 0.6 is 0 Å². The molecule has 9 aromatic rings. The molecule has 0 bridgehead atoms. The first-order valence-electron chi connectivity index (χ1n) is 18.0. The summed E-state index contributed by atoms with van der Waals surface area (Å²) in [6, 6.07) is 36.6. The summed E-state index contributed by atoms with van der Waals surface area (Å²) in [5, 5.41) is 2.15. The lowest BCUT2D eigenvalue weighted by atomic mass is 9.88. The Bertz CT molecular complexity index is 2780. The molecule has 0 aliphatic rings. The number of imidazole rings is 1. The van der Waals surface area contributed by atoms with Crippen molar-refractivity contribution in [3.8, 4) is 28.2 Å². The van der Waals surface area contributed by atoms with Gasteiger partial charge in [0, 0.05) is 14.9 Å². The number of aryl methyl sites for hydroxylation is 1. The quantitative estimate of drug-likeness (QED) is 0.190. The number of aromatic nitrogens is 3. The monoisotopic (exact) mass is 628 g/mol. The second-order valence-electron chi connectivity index (χ2n) is 13.2. The van der Waals surface area contributed by atoms with E-state index in [1.54, 1.807) is 18.2 Å². The van der Waals surface area contributed by atoms with Gasteiger partial charge in [-0.1, -0.05) is 94.4 Å². The Kier molecular flexibility index (Phi) is 5.65. The first-order chi connectivity index (χ1) is 24.6. The Hall–Kier alpha value is -5.68. The van der Waals surface area contributed by atoms with Crippen molar-refractivity contribution in [1.82, 2.24) is 14.5 Å². The summed E-state index contributed by atoms with van der Waals surface area (Å²) >= 11 is 0. The van der Waals surface area contributed by atoms with Gasteiger partial charge in [-0.15, -0.1) is 0 Å². The molecular formula is C43H35N3O2. The van der Waals surface area contributed by atoms with Gasteiger partial charge >= 0.3 is 0 Å². The normalized spacial score (nSPS) is 13.4. The minimum absolute atomic E-state index is 0.205. The van der Waals surface area contributed by atoms with Crippen molar-refractivity contribution in [2.75, 3.05) is 0 Å². The number of para-hydroxylation sites is 3. The molecule has 234 valence electrons. The summed E-state index contributed by atoms with van der Waals surface area (Å²) in [7, 11) is 0. The average Bonchev–Trinajstić information content (AvgIpc) is 3.80. The molecule has 4 aromatic heterocycles. The highest BCUT2D eigenvalue weighted by Crippen LogP contribution is 2.43. The van der Waals surface area contributed by atoms with Crippen LogP contribution < -0.4 is 0 Å². The summed E-state index contributed by atoms with van der Waals surface area (Å²) < 4.78 is 39.6. The average molecular weight is 629 g/mol. The van der Waals surface area contributed by atoms with Gasteiger partial charge in [-0.2, -0.15) is 0 Å². The van der Waals surface area contributed by atoms with Gasteiger partial charge in [0.25, 0.3) is 0 Å². The maximum absolute atomic E-state index is 8.15. The number of hydrogen-bond acceptors (Lipinski definition) is 4. The van der Waals surface area contributed by atoms with Crippen molar-refractivity contribution in [1.29, 1.82) is 0 Å².